The first-order valence-corrected chi connectivity index (χ1v) is 20.1. The highest BCUT2D eigenvalue weighted by atomic mass is 16.6. The van der Waals surface area contributed by atoms with Gasteiger partial charge in [-0.1, -0.05) is 164 Å². The van der Waals surface area contributed by atoms with Crippen LogP contribution in [0, 0.1) is 5.92 Å². The Morgan fingerprint density at radius 2 is 1.12 bits per heavy atom. The van der Waals surface area contributed by atoms with Crippen molar-refractivity contribution in [3.05, 3.63) is 215 Å². The molecule has 6 nitrogen and oxygen atoms in total. The van der Waals surface area contributed by atoms with E-state index in [1.165, 1.54) is 0 Å². The summed E-state index contributed by atoms with van der Waals surface area (Å²) < 4.78 is 18.6. The van der Waals surface area contributed by atoms with Crippen molar-refractivity contribution in [1.82, 2.24) is 0 Å². The molecule has 0 unspecified atom stereocenters. The van der Waals surface area contributed by atoms with Crippen LogP contribution in [0.25, 0.3) is 21.9 Å². The molecule has 0 radical (unpaired) electrons. The monoisotopic (exact) mass is 782 g/mol. The summed E-state index contributed by atoms with van der Waals surface area (Å²) in [5.74, 6) is -1.87. The highest BCUT2D eigenvalue weighted by molar-refractivity contribution is 5.97. The van der Waals surface area contributed by atoms with Gasteiger partial charge in [-0.05, 0) is 102 Å². The maximum Gasteiger partial charge on any atom is 0.338 e. The Hall–Kier alpha value is -6.34. The van der Waals surface area contributed by atoms with Gasteiger partial charge in [-0.3, -0.25) is 4.79 Å². The zero-order valence-electron chi connectivity index (χ0n) is 33.8. The summed E-state index contributed by atoms with van der Waals surface area (Å²) in [6.07, 6.45) is -0.271. The number of benzene rings is 7. The molecule has 298 valence electrons. The van der Waals surface area contributed by atoms with Crippen molar-refractivity contribution in [1.29, 1.82) is 0 Å². The standard InChI is InChI=1S/C53H50O6/c1-52(2,3)59-50(55)43-31-29-40-28-30-42(34-44(40)35-43)41-20-16-19-38(33-41)27-32-49(54)48(51(56)57-36-39-17-8-4-9-18-39)37-58-53(45-21-10-5-11-22-45,46-23-12-6-13-24-46)47-25-14-7-15-26-47/h4-26,28-31,33-35,48-49,54H,27,32,36-37H2,1-3H3/t48-,49+/m0/s1. The first-order chi connectivity index (χ1) is 28.6. The van der Waals surface area contributed by atoms with Crippen LogP contribution in [0.4, 0.5) is 0 Å². The number of carbonyl (C=O) groups is 2. The molecule has 0 aliphatic rings. The van der Waals surface area contributed by atoms with Crippen LogP contribution >= 0.6 is 0 Å². The van der Waals surface area contributed by atoms with Crippen molar-refractivity contribution in [3.63, 3.8) is 0 Å². The lowest BCUT2D eigenvalue weighted by Crippen LogP contribution is -2.40. The van der Waals surface area contributed by atoms with Gasteiger partial charge in [0, 0.05) is 0 Å². The Bertz CT molecular complexity index is 2360. The fourth-order valence-corrected chi connectivity index (χ4v) is 7.47. The summed E-state index contributed by atoms with van der Waals surface area (Å²) in [7, 11) is 0. The molecular formula is C53H50O6. The number of aryl methyl sites for hydroxylation is 1. The molecule has 0 aliphatic carbocycles. The van der Waals surface area contributed by atoms with Gasteiger partial charge in [0.25, 0.3) is 0 Å². The Kier molecular flexibility index (Phi) is 12.8. The Balaban J connectivity index is 1.15. The molecule has 0 bridgehead atoms. The largest absolute Gasteiger partial charge is 0.460 e. The second kappa shape index (κ2) is 18.5. The minimum absolute atomic E-state index is 0.0805. The van der Waals surface area contributed by atoms with Crippen molar-refractivity contribution in [2.75, 3.05) is 6.61 Å². The molecule has 7 rings (SSSR count). The van der Waals surface area contributed by atoms with Gasteiger partial charge in [-0.2, -0.15) is 0 Å². The Morgan fingerprint density at radius 1 is 0.576 bits per heavy atom. The normalized spacial score (nSPS) is 12.7. The van der Waals surface area contributed by atoms with Crippen molar-refractivity contribution in [3.8, 4) is 11.1 Å². The lowest BCUT2D eigenvalue weighted by atomic mass is 9.80. The number of carbonyl (C=O) groups excluding carboxylic acids is 2. The van der Waals surface area contributed by atoms with Gasteiger partial charge < -0.3 is 19.3 Å². The van der Waals surface area contributed by atoms with E-state index in [4.69, 9.17) is 14.2 Å². The van der Waals surface area contributed by atoms with E-state index in [0.717, 1.165) is 49.7 Å². The van der Waals surface area contributed by atoms with Crippen molar-refractivity contribution in [2.45, 2.75) is 57.5 Å². The third-order valence-electron chi connectivity index (χ3n) is 10.5. The lowest BCUT2D eigenvalue weighted by Gasteiger charge is -2.37. The van der Waals surface area contributed by atoms with Gasteiger partial charge in [-0.15, -0.1) is 0 Å². The fourth-order valence-electron chi connectivity index (χ4n) is 7.47. The smallest absolute Gasteiger partial charge is 0.338 e. The third kappa shape index (κ3) is 10.0. The van der Waals surface area contributed by atoms with E-state index < -0.39 is 29.2 Å². The molecule has 1 N–H and O–H groups in total. The van der Waals surface area contributed by atoms with Gasteiger partial charge in [0.15, 0.2) is 0 Å². The average Bonchev–Trinajstić information content (AvgIpc) is 3.27. The van der Waals surface area contributed by atoms with E-state index in [1.807, 2.05) is 178 Å². The van der Waals surface area contributed by atoms with E-state index in [9.17, 15) is 14.7 Å². The van der Waals surface area contributed by atoms with Crippen molar-refractivity contribution >= 4 is 22.7 Å². The topological polar surface area (TPSA) is 82.1 Å². The van der Waals surface area contributed by atoms with Gasteiger partial charge in [0.05, 0.1) is 18.3 Å². The molecular weight excluding hydrogens is 733 g/mol. The average molecular weight is 783 g/mol. The molecule has 6 heteroatoms. The van der Waals surface area contributed by atoms with Crippen LogP contribution in [0.5, 0.6) is 0 Å². The fraction of sp³-hybridized carbons (Fsp3) is 0.208. The third-order valence-corrected chi connectivity index (χ3v) is 10.5. The predicted molar refractivity (Wildman–Crippen MR) is 234 cm³/mol. The molecule has 0 saturated carbocycles. The highest BCUT2D eigenvalue weighted by Crippen LogP contribution is 2.41. The first kappa shape index (κ1) is 40.8. The van der Waals surface area contributed by atoms with Crippen LogP contribution in [0.3, 0.4) is 0 Å². The van der Waals surface area contributed by atoms with E-state index in [1.54, 1.807) is 6.07 Å². The van der Waals surface area contributed by atoms with Crippen LogP contribution in [0.15, 0.2) is 182 Å². The highest BCUT2D eigenvalue weighted by Gasteiger charge is 2.40. The molecule has 0 amide bonds. The number of hydrogen-bond acceptors (Lipinski definition) is 6. The predicted octanol–water partition coefficient (Wildman–Crippen LogP) is 11.1. The molecule has 0 spiro atoms. The molecule has 0 saturated heterocycles. The van der Waals surface area contributed by atoms with Gasteiger partial charge in [0.1, 0.15) is 23.7 Å². The van der Waals surface area contributed by atoms with Gasteiger partial charge in [0.2, 0.25) is 0 Å². The molecule has 7 aromatic carbocycles. The number of hydrogen-bond donors (Lipinski definition) is 1. The van der Waals surface area contributed by atoms with Crippen LogP contribution < -0.4 is 0 Å². The van der Waals surface area contributed by atoms with Crippen molar-refractivity contribution in [2.24, 2.45) is 5.92 Å². The van der Waals surface area contributed by atoms with E-state index in [2.05, 4.69) is 18.2 Å². The molecule has 59 heavy (non-hydrogen) atoms. The Morgan fingerprint density at radius 3 is 1.71 bits per heavy atom. The zero-order valence-corrected chi connectivity index (χ0v) is 33.8. The van der Waals surface area contributed by atoms with Gasteiger partial charge >= 0.3 is 11.9 Å². The number of aliphatic hydroxyl groups is 1. The second-order valence-corrected chi connectivity index (χ2v) is 15.9. The van der Waals surface area contributed by atoms with E-state index >= 15 is 0 Å². The van der Waals surface area contributed by atoms with Crippen LogP contribution in [0.1, 0.15) is 65.4 Å². The second-order valence-electron chi connectivity index (χ2n) is 15.9. The summed E-state index contributed by atoms with van der Waals surface area (Å²) in [6.45, 7) is 5.55. The number of aliphatic hydroxyl groups excluding tert-OH is 1. The quantitative estimate of drug-likeness (QED) is 0.0824. The molecule has 0 fully saturated rings. The molecule has 7 aromatic rings. The number of esters is 2. The number of fused-ring (bicyclic) bond motifs is 1. The minimum Gasteiger partial charge on any atom is -0.460 e. The molecule has 0 aromatic heterocycles. The zero-order chi connectivity index (χ0) is 41.2. The molecule has 2 atom stereocenters. The molecule has 0 heterocycles. The maximum absolute atomic E-state index is 14.1. The summed E-state index contributed by atoms with van der Waals surface area (Å²) in [4.78, 5) is 26.9. The summed E-state index contributed by atoms with van der Waals surface area (Å²) in [5, 5.41) is 13.9. The molecule has 0 aliphatic heterocycles. The number of ether oxygens (including phenoxy) is 3. The SMILES string of the molecule is CC(C)(C)OC(=O)c1ccc2ccc(-c3cccc(CC[C@@H](O)[C@H](COC(c4ccccc4)(c4ccccc4)c4ccccc4)C(=O)OCc4ccccc4)c3)cc2c1. The first-order valence-electron chi connectivity index (χ1n) is 20.1. The lowest BCUT2D eigenvalue weighted by molar-refractivity contribution is -0.159. The minimum atomic E-state index is -1.08. The van der Waals surface area contributed by atoms with E-state index in [-0.39, 0.29) is 19.2 Å². The van der Waals surface area contributed by atoms with E-state index in [0.29, 0.717) is 18.4 Å². The van der Waals surface area contributed by atoms with Gasteiger partial charge in [-0.25, -0.2) is 4.79 Å². The Labute approximate surface area is 347 Å². The van der Waals surface area contributed by atoms with Crippen molar-refractivity contribution < 1.29 is 28.9 Å². The summed E-state index contributed by atoms with van der Waals surface area (Å²) in [6, 6.07) is 59.5. The number of rotatable bonds is 15. The summed E-state index contributed by atoms with van der Waals surface area (Å²) in [5.41, 5.74) is 5.39. The van der Waals surface area contributed by atoms with Crippen LogP contribution in [0.2, 0.25) is 0 Å². The summed E-state index contributed by atoms with van der Waals surface area (Å²) >= 11 is 0. The van der Waals surface area contributed by atoms with Crippen LogP contribution in [-0.4, -0.2) is 35.4 Å². The van der Waals surface area contributed by atoms with Crippen LogP contribution in [-0.2, 0) is 37.6 Å². The maximum atomic E-state index is 14.1.